The Bertz CT molecular complexity index is 248. The first-order valence-corrected chi connectivity index (χ1v) is 3.99. The van der Waals surface area contributed by atoms with Crippen LogP contribution in [-0.4, -0.2) is 15.5 Å². The second-order valence-corrected chi connectivity index (χ2v) is 3.39. The van der Waals surface area contributed by atoms with E-state index in [-0.39, 0.29) is 18.8 Å². The van der Waals surface area contributed by atoms with Crippen LogP contribution in [0.15, 0.2) is 18.7 Å². The first-order chi connectivity index (χ1) is 5.66. The summed E-state index contributed by atoms with van der Waals surface area (Å²) in [7, 11) is 0. The minimum absolute atomic E-state index is 0.0329. The third-order valence-corrected chi connectivity index (χ3v) is 2.20. The summed E-state index contributed by atoms with van der Waals surface area (Å²) in [5.41, 5.74) is 0. The topological polar surface area (TPSA) is 17.8 Å². The van der Waals surface area contributed by atoms with Crippen LogP contribution in [0.25, 0.3) is 0 Å². The van der Waals surface area contributed by atoms with Crippen molar-refractivity contribution in [1.29, 1.82) is 0 Å². The zero-order chi connectivity index (χ0) is 8.60. The van der Waals surface area contributed by atoms with Crippen molar-refractivity contribution in [3.63, 3.8) is 0 Å². The van der Waals surface area contributed by atoms with E-state index < -0.39 is 5.92 Å². The zero-order valence-corrected chi connectivity index (χ0v) is 6.58. The molecule has 66 valence electrons. The molecule has 0 unspecified atom stereocenters. The monoisotopic (exact) mass is 172 g/mol. The van der Waals surface area contributed by atoms with Gasteiger partial charge >= 0.3 is 0 Å². The van der Waals surface area contributed by atoms with E-state index in [4.69, 9.17) is 0 Å². The van der Waals surface area contributed by atoms with Crippen molar-refractivity contribution < 1.29 is 8.78 Å². The number of nitrogens with zero attached hydrogens (tertiary/aromatic N) is 2. The Morgan fingerprint density at radius 2 is 2.25 bits per heavy atom. The van der Waals surface area contributed by atoms with Crippen molar-refractivity contribution in [1.82, 2.24) is 9.55 Å². The summed E-state index contributed by atoms with van der Waals surface area (Å²) in [5, 5.41) is 0. The molecule has 1 fully saturated rings. The Morgan fingerprint density at radius 1 is 1.50 bits per heavy atom. The van der Waals surface area contributed by atoms with Crippen LogP contribution in [0.2, 0.25) is 0 Å². The van der Waals surface area contributed by atoms with Gasteiger partial charge in [0.25, 0.3) is 0 Å². The van der Waals surface area contributed by atoms with Crippen LogP contribution in [0.4, 0.5) is 8.78 Å². The van der Waals surface area contributed by atoms with Crippen LogP contribution < -0.4 is 0 Å². The molecule has 0 saturated heterocycles. The molecular weight excluding hydrogens is 162 g/mol. The molecule has 0 atom stereocenters. The van der Waals surface area contributed by atoms with Crippen LogP contribution in [0.1, 0.15) is 12.8 Å². The van der Waals surface area contributed by atoms with Crippen molar-refractivity contribution in [2.45, 2.75) is 25.3 Å². The van der Waals surface area contributed by atoms with E-state index in [1.165, 1.54) is 0 Å². The molecule has 4 heteroatoms. The minimum atomic E-state index is -2.40. The molecule has 1 aromatic heterocycles. The molecule has 0 aliphatic heterocycles. The van der Waals surface area contributed by atoms with Crippen LogP contribution in [0, 0.1) is 5.92 Å². The molecule has 0 bridgehead atoms. The van der Waals surface area contributed by atoms with Crippen molar-refractivity contribution in [3.8, 4) is 0 Å². The molecule has 12 heavy (non-hydrogen) atoms. The highest BCUT2D eigenvalue weighted by molar-refractivity contribution is 4.87. The lowest BCUT2D eigenvalue weighted by atomic mass is 9.81. The van der Waals surface area contributed by atoms with Crippen molar-refractivity contribution in [2.75, 3.05) is 0 Å². The largest absolute Gasteiger partial charge is 0.337 e. The van der Waals surface area contributed by atoms with Crippen molar-refractivity contribution in [2.24, 2.45) is 5.92 Å². The molecule has 0 N–H and O–H groups in total. The number of rotatable bonds is 2. The van der Waals surface area contributed by atoms with E-state index in [0.717, 1.165) is 0 Å². The van der Waals surface area contributed by atoms with E-state index in [1.807, 2.05) is 4.57 Å². The van der Waals surface area contributed by atoms with Gasteiger partial charge in [0.1, 0.15) is 0 Å². The fourth-order valence-corrected chi connectivity index (χ4v) is 1.61. The zero-order valence-electron chi connectivity index (χ0n) is 6.58. The van der Waals surface area contributed by atoms with Gasteiger partial charge in [0.2, 0.25) is 5.92 Å². The second kappa shape index (κ2) is 2.54. The Kier molecular flexibility index (Phi) is 1.63. The van der Waals surface area contributed by atoms with Crippen LogP contribution >= 0.6 is 0 Å². The second-order valence-electron chi connectivity index (χ2n) is 3.39. The first kappa shape index (κ1) is 7.71. The number of hydrogen-bond acceptors (Lipinski definition) is 1. The summed E-state index contributed by atoms with van der Waals surface area (Å²) >= 11 is 0. The molecule has 0 spiro atoms. The standard InChI is InChI=1S/C8H10F2N2/c9-8(10)3-7(4-8)5-12-2-1-11-6-12/h1-2,6-7H,3-5H2. The van der Waals surface area contributed by atoms with Gasteiger partial charge in [0, 0.05) is 31.8 Å². The summed E-state index contributed by atoms with van der Waals surface area (Å²) in [5.74, 6) is -2.26. The Morgan fingerprint density at radius 3 is 2.75 bits per heavy atom. The number of imidazole rings is 1. The first-order valence-electron chi connectivity index (χ1n) is 3.99. The molecule has 1 saturated carbocycles. The van der Waals surface area contributed by atoms with Crippen LogP contribution in [0.3, 0.4) is 0 Å². The molecule has 2 nitrogen and oxygen atoms in total. The molecular formula is C8H10F2N2. The quantitative estimate of drug-likeness (QED) is 0.666. The number of hydrogen-bond donors (Lipinski definition) is 0. The van der Waals surface area contributed by atoms with E-state index in [2.05, 4.69) is 4.98 Å². The summed E-state index contributed by atoms with van der Waals surface area (Å²) in [6.07, 6.45) is 5.19. The van der Waals surface area contributed by atoms with Crippen molar-refractivity contribution >= 4 is 0 Å². The van der Waals surface area contributed by atoms with Gasteiger partial charge in [-0.15, -0.1) is 0 Å². The maximum absolute atomic E-state index is 12.4. The molecule has 2 rings (SSSR count). The maximum Gasteiger partial charge on any atom is 0.248 e. The van der Waals surface area contributed by atoms with Gasteiger partial charge in [0.05, 0.1) is 6.33 Å². The van der Waals surface area contributed by atoms with E-state index in [9.17, 15) is 8.78 Å². The van der Waals surface area contributed by atoms with Gasteiger partial charge in [-0.3, -0.25) is 0 Å². The smallest absolute Gasteiger partial charge is 0.248 e. The SMILES string of the molecule is FC1(F)CC(Cn2ccnc2)C1. The summed E-state index contributed by atoms with van der Waals surface area (Å²) < 4.78 is 26.6. The predicted octanol–water partition coefficient (Wildman–Crippen LogP) is 1.93. The van der Waals surface area contributed by atoms with Crippen LogP contribution in [0.5, 0.6) is 0 Å². The van der Waals surface area contributed by atoms with Gasteiger partial charge in [-0.1, -0.05) is 0 Å². The molecule has 1 aliphatic rings. The van der Waals surface area contributed by atoms with E-state index >= 15 is 0 Å². The van der Waals surface area contributed by atoms with Crippen molar-refractivity contribution in [3.05, 3.63) is 18.7 Å². The summed E-state index contributed by atoms with van der Waals surface area (Å²) in [4.78, 5) is 3.85. The highest BCUT2D eigenvalue weighted by Gasteiger charge is 2.44. The van der Waals surface area contributed by atoms with Gasteiger partial charge in [-0.05, 0) is 5.92 Å². The lowest BCUT2D eigenvalue weighted by molar-refractivity contribution is -0.114. The molecule has 1 aromatic rings. The fraction of sp³-hybridized carbons (Fsp3) is 0.625. The highest BCUT2D eigenvalue weighted by atomic mass is 19.3. The predicted molar refractivity (Wildman–Crippen MR) is 39.9 cm³/mol. The molecule has 1 heterocycles. The summed E-state index contributed by atoms with van der Waals surface area (Å²) in [6.45, 7) is 0.676. The normalized spacial score (nSPS) is 22.2. The Hall–Kier alpha value is -0.930. The van der Waals surface area contributed by atoms with E-state index in [0.29, 0.717) is 6.54 Å². The number of aromatic nitrogens is 2. The van der Waals surface area contributed by atoms with Gasteiger partial charge in [-0.2, -0.15) is 0 Å². The fourth-order valence-electron chi connectivity index (χ4n) is 1.61. The lowest BCUT2D eigenvalue weighted by Gasteiger charge is -2.34. The average Bonchev–Trinajstić information content (AvgIpc) is 2.35. The third-order valence-electron chi connectivity index (χ3n) is 2.20. The Balaban J connectivity index is 1.84. The molecule has 0 aromatic carbocycles. The summed E-state index contributed by atoms with van der Waals surface area (Å²) in [6, 6.07) is 0. The van der Waals surface area contributed by atoms with Gasteiger partial charge < -0.3 is 4.57 Å². The average molecular weight is 172 g/mol. The Labute approximate surface area is 69.2 Å². The lowest BCUT2D eigenvalue weighted by Crippen LogP contribution is -2.37. The van der Waals surface area contributed by atoms with Gasteiger partial charge in [0.15, 0.2) is 0 Å². The minimum Gasteiger partial charge on any atom is -0.337 e. The highest BCUT2D eigenvalue weighted by Crippen LogP contribution is 2.42. The molecule has 1 aliphatic carbocycles. The molecule has 0 radical (unpaired) electrons. The van der Waals surface area contributed by atoms with Crippen LogP contribution in [-0.2, 0) is 6.54 Å². The maximum atomic E-state index is 12.4. The third kappa shape index (κ3) is 1.47. The molecule has 0 amide bonds. The number of alkyl halides is 2. The van der Waals surface area contributed by atoms with Gasteiger partial charge in [-0.25, -0.2) is 13.8 Å². The number of halogens is 2. The van der Waals surface area contributed by atoms with E-state index in [1.54, 1.807) is 18.7 Å².